The van der Waals surface area contributed by atoms with Crippen LogP contribution in [0.15, 0.2) is 0 Å². The summed E-state index contributed by atoms with van der Waals surface area (Å²) in [5.74, 6) is 1.60. The number of esters is 1. The van der Waals surface area contributed by atoms with Gasteiger partial charge in [-0.2, -0.15) is 0 Å². The Bertz CT molecular complexity index is 229. The molecular formula is C13H22O2. The van der Waals surface area contributed by atoms with E-state index in [1.54, 1.807) is 0 Å². The average Bonchev–Trinajstić information content (AvgIpc) is 2.29. The molecule has 0 aromatic carbocycles. The van der Waals surface area contributed by atoms with Crippen LogP contribution in [0.3, 0.4) is 0 Å². The van der Waals surface area contributed by atoms with E-state index in [2.05, 4.69) is 0 Å². The van der Waals surface area contributed by atoms with Crippen LogP contribution in [0.5, 0.6) is 0 Å². The predicted octanol–water partition coefficient (Wildman–Crippen LogP) is 3.15. The normalized spacial score (nSPS) is 36.3. The van der Waals surface area contributed by atoms with E-state index in [1.807, 2.05) is 13.8 Å². The van der Waals surface area contributed by atoms with E-state index in [1.165, 1.54) is 25.7 Å². The van der Waals surface area contributed by atoms with Gasteiger partial charge in [0, 0.05) is 0 Å². The molecule has 0 aromatic heterocycles. The van der Waals surface area contributed by atoms with E-state index in [0.717, 1.165) is 18.8 Å². The van der Waals surface area contributed by atoms with Gasteiger partial charge in [0.25, 0.3) is 0 Å². The molecule has 15 heavy (non-hydrogen) atoms. The molecule has 2 atom stereocenters. The number of hydrogen-bond donors (Lipinski definition) is 0. The van der Waals surface area contributed by atoms with Gasteiger partial charge in [-0.25, -0.2) is 0 Å². The van der Waals surface area contributed by atoms with Crippen molar-refractivity contribution in [3.05, 3.63) is 0 Å². The van der Waals surface area contributed by atoms with Crippen molar-refractivity contribution in [3.8, 4) is 0 Å². The molecule has 0 heterocycles. The molecule has 86 valence electrons. The van der Waals surface area contributed by atoms with E-state index in [4.69, 9.17) is 4.74 Å². The van der Waals surface area contributed by atoms with Crippen molar-refractivity contribution in [2.75, 3.05) is 0 Å². The summed E-state index contributed by atoms with van der Waals surface area (Å²) in [7, 11) is 0. The molecule has 3 saturated carbocycles. The molecule has 0 N–H and O–H groups in total. The van der Waals surface area contributed by atoms with Gasteiger partial charge in [0.15, 0.2) is 0 Å². The molecule has 0 aromatic rings. The molecule has 0 radical (unpaired) electrons. The fourth-order valence-electron chi connectivity index (χ4n) is 2.89. The van der Waals surface area contributed by atoms with Gasteiger partial charge in [-0.3, -0.25) is 4.79 Å². The molecule has 2 nitrogen and oxygen atoms in total. The SMILES string of the molecule is CCC(C)C(=O)OC1CC2CCC1CC2. The van der Waals surface area contributed by atoms with E-state index in [9.17, 15) is 4.79 Å². The second-order valence-electron chi connectivity index (χ2n) is 5.30. The molecule has 3 aliphatic carbocycles. The van der Waals surface area contributed by atoms with Crippen LogP contribution in [-0.2, 0) is 9.53 Å². The van der Waals surface area contributed by atoms with Gasteiger partial charge < -0.3 is 4.74 Å². The maximum absolute atomic E-state index is 11.7. The van der Waals surface area contributed by atoms with Gasteiger partial charge in [0.05, 0.1) is 5.92 Å². The molecule has 2 heteroatoms. The van der Waals surface area contributed by atoms with Crippen molar-refractivity contribution in [1.82, 2.24) is 0 Å². The number of hydrogen-bond acceptors (Lipinski definition) is 2. The minimum Gasteiger partial charge on any atom is -0.462 e. The van der Waals surface area contributed by atoms with Crippen molar-refractivity contribution in [3.63, 3.8) is 0 Å². The zero-order chi connectivity index (χ0) is 10.8. The van der Waals surface area contributed by atoms with Gasteiger partial charge in [0.1, 0.15) is 6.10 Å². The van der Waals surface area contributed by atoms with Gasteiger partial charge >= 0.3 is 5.97 Å². The Kier molecular flexibility index (Phi) is 3.32. The number of rotatable bonds is 3. The number of ether oxygens (including phenoxy) is 1. The quantitative estimate of drug-likeness (QED) is 0.669. The lowest BCUT2D eigenvalue weighted by molar-refractivity contribution is -0.162. The molecule has 2 bridgehead atoms. The standard InChI is InChI=1S/C13H22O2/c1-3-9(2)13(14)15-12-8-10-4-6-11(12)7-5-10/h9-12H,3-8H2,1-2H3. The van der Waals surface area contributed by atoms with Crippen molar-refractivity contribution in [2.24, 2.45) is 17.8 Å². The first-order valence-corrected chi connectivity index (χ1v) is 6.41. The summed E-state index contributed by atoms with van der Waals surface area (Å²) in [6.07, 6.45) is 7.56. The van der Waals surface area contributed by atoms with Crippen LogP contribution < -0.4 is 0 Å². The van der Waals surface area contributed by atoms with E-state index < -0.39 is 0 Å². The highest BCUT2D eigenvalue weighted by atomic mass is 16.5. The Morgan fingerprint density at radius 1 is 1.33 bits per heavy atom. The van der Waals surface area contributed by atoms with Crippen LogP contribution in [0.25, 0.3) is 0 Å². The fraction of sp³-hybridized carbons (Fsp3) is 0.923. The van der Waals surface area contributed by atoms with E-state index >= 15 is 0 Å². The maximum atomic E-state index is 11.7. The van der Waals surface area contributed by atoms with E-state index in [0.29, 0.717) is 5.92 Å². The Morgan fingerprint density at radius 3 is 2.47 bits per heavy atom. The maximum Gasteiger partial charge on any atom is 0.308 e. The summed E-state index contributed by atoms with van der Waals surface area (Å²) in [6, 6.07) is 0. The van der Waals surface area contributed by atoms with Crippen LogP contribution in [0.4, 0.5) is 0 Å². The van der Waals surface area contributed by atoms with Crippen molar-refractivity contribution < 1.29 is 9.53 Å². The molecule has 0 spiro atoms. The largest absolute Gasteiger partial charge is 0.462 e. The van der Waals surface area contributed by atoms with Crippen LogP contribution in [-0.4, -0.2) is 12.1 Å². The highest BCUT2D eigenvalue weighted by Crippen LogP contribution is 2.42. The first kappa shape index (κ1) is 11.0. The highest BCUT2D eigenvalue weighted by Gasteiger charge is 2.38. The van der Waals surface area contributed by atoms with Gasteiger partial charge in [0.2, 0.25) is 0 Å². The molecule has 3 aliphatic rings. The molecule has 0 amide bonds. The zero-order valence-corrected chi connectivity index (χ0v) is 9.87. The summed E-state index contributed by atoms with van der Waals surface area (Å²) in [5, 5.41) is 0. The smallest absolute Gasteiger partial charge is 0.308 e. The number of carbonyl (C=O) groups is 1. The van der Waals surface area contributed by atoms with Crippen LogP contribution in [0.2, 0.25) is 0 Å². The third kappa shape index (κ3) is 2.35. The molecule has 3 rings (SSSR count). The lowest BCUT2D eigenvalue weighted by atomic mass is 9.69. The number of fused-ring (bicyclic) bond motifs is 3. The third-order valence-electron chi connectivity index (χ3n) is 4.27. The minimum atomic E-state index is 0.0232. The van der Waals surface area contributed by atoms with Crippen molar-refractivity contribution in [1.29, 1.82) is 0 Å². The zero-order valence-electron chi connectivity index (χ0n) is 9.87. The lowest BCUT2D eigenvalue weighted by Crippen LogP contribution is -2.39. The summed E-state index contributed by atoms with van der Waals surface area (Å²) < 4.78 is 5.64. The summed E-state index contributed by atoms with van der Waals surface area (Å²) in [6.45, 7) is 4.00. The summed E-state index contributed by atoms with van der Waals surface area (Å²) in [4.78, 5) is 11.7. The molecule has 3 fully saturated rings. The second kappa shape index (κ2) is 4.54. The predicted molar refractivity (Wildman–Crippen MR) is 59.4 cm³/mol. The molecular weight excluding hydrogens is 188 g/mol. The fourth-order valence-corrected chi connectivity index (χ4v) is 2.89. The van der Waals surface area contributed by atoms with Crippen LogP contribution in [0, 0.1) is 17.8 Å². The lowest BCUT2D eigenvalue weighted by Gasteiger charge is -2.41. The van der Waals surface area contributed by atoms with Gasteiger partial charge in [-0.1, -0.05) is 13.8 Å². The van der Waals surface area contributed by atoms with Crippen LogP contribution in [0.1, 0.15) is 52.4 Å². The second-order valence-corrected chi connectivity index (χ2v) is 5.30. The average molecular weight is 210 g/mol. The van der Waals surface area contributed by atoms with Crippen molar-refractivity contribution >= 4 is 5.97 Å². The van der Waals surface area contributed by atoms with Gasteiger partial charge in [-0.15, -0.1) is 0 Å². The monoisotopic (exact) mass is 210 g/mol. The third-order valence-corrected chi connectivity index (χ3v) is 4.27. The first-order valence-electron chi connectivity index (χ1n) is 6.41. The Labute approximate surface area is 92.4 Å². The Morgan fingerprint density at radius 2 is 2.00 bits per heavy atom. The molecule has 2 unspecified atom stereocenters. The summed E-state index contributed by atoms with van der Waals surface area (Å²) in [5.41, 5.74) is 0. The molecule has 0 saturated heterocycles. The minimum absolute atomic E-state index is 0.0232. The Balaban J connectivity index is 1.87. The van der Waals surface area contributed by atoms with Crippen LogP contribution >= 0.6 is 0 Å². The van der Waals surface area contributed by atoms with E-state index in [-0.39, 0.29) is 18.0 Å². The molecule has 0 aliphatic heterocycles. The van der Waals surface area contributed by atoms with Gasteiger partial charge in [-0.05, 0) is 50.4 Å². The topological polar surface area (TPSA) is 26.3 Å². The van der Waals surface area contributed by atoms with Crippen molar-refractivity contribution in [2.45, 2.75) is 58.5 Å². The highest BCUT2D eigenvalue weighted by molar-refractivity contribution is 5.72. The first-order chi connectivity index (χ1) is 7.20. The number of carbonyl (C=O) groups excluding carboxylic acids is 1. The summed E-state index contributed by atoms with van der Waals surface area (Å²) >= 11 is 0. The Hall–Kier alpha value is -0.530.